The van der Waals surface area contributed by atoms with Crippen LogP contribution < -0.4 is 14.8 Å². The maximum atomic E-state index is 8.58. The third kappa shape index (κ3) is 5.37. The average Bonchev–Trinajstić information content (AvgIpc) is 2.41. The van der Waals surface area contributed by atoms with Gasteiger partial charge in [-0.2, -0.15) is 5.26 Å². The third-order valence-electron chi connectivity index (χ3n) is 2.64. The lowest BCUT2D eigenvalue weighted by molar-refractivity contribution is 0.327. The molecule has 0 heterocycles. The molecule has 0 bridgehead atoms. The van der Waals surface area contributed by atoms with Crippen molar-refractivity contribution >= 4 is 15.9 Å². The molecule has 0 aromatic heterocycles. The van der Waals surface area contributed by atoms with Gasteiger partial charge >= 0.3 is 0 Å². The Morgan fingerprint density at radius 3 is 2.75 bits per heavy atom. The first-order valence-electron chi connectivity index (χ1n) is 6.30. The number of likely N-dealkylation sites (N-methyl/N-ethyl adjacent to an activating group) is 1. The molecule has 1 N–H and O–H groups in total. The topological polar surface area (TPSA) is 57.5 Å². The number of hydrogen-bond acceptors (Lipinski definition) is 5. The summed E-state index contributed by atoms with van der Waals surface area (Å²) >= 11 is 3.45. The summed E-state index contributed by atoms with van der Waals surface area (Å²) in [6, 6.07) is 5.83. The summed E-state index contributed by atoms with van der Waals surface area (Å²) < 4.78 is 11.5. The number of benzene rings is 1. The van der Waals surface area contributed by atoms with Crippen LogP contribution in [0.15, 0.2) is 16.6 Å². The standard InChI is InChI=1S/C14H20BrN3O2/c1-18(2)6-5-17-10-11-8-12(15)14(20-7-4-16)13(9-11)19-3/h8-9,17H,5-7,10H2,1-3H3. The van der Waals surface area contributed by atoms with Gasteiger partial charge in [0.25, 0.3) is 0 Å². The van der Waals surface area contributed by atoms with Gasteiger partial charge in [-0.1, -0.05) is 0 Å². The number of rotatable bonds is 8. The van der Waals surface area contributed by atoms with Crippen molar-refractivity contribution in [3.05, 3.63) is 22.2 Å². The van der Waals surface area contributed by atoms with E-state index in [1.165, 1.54) is 0 Å². The fourth-order valence-electron chi connectivity index (χ4n) is 1.66. The van der Waals surface area contributed by atoms with E-state index in [-0.39, 0.29) is 6.61 Å². The first-order valence-corrected chi connectivity index (χ1v) is 7.09. The summed E-state index contributed by atoms with van der Waals surface area (Å²) in [5, 5.41) is 11.9. The number of halogens is 1. The van der Waals surface area contributed by atoms with Gasteiger partial charge in [-0.15, -0.1) is 0 Å². The first-order chi connectivity index (χ1) is 9.58. The molecule has 1 rings (SSSR count). The molecule has 0 atom stereocenters. The van der Waals surface area contributed by atoms with E-state index in [4.69, 9.17) is 14.7 Å². The van der Waals surface area contributed by atoms with Gasteiger partial charge in [0, 0.05) is 19.6 Å². The van der Waals surface area contributed by atoms with Gasteiger partial charge in [-0.05, 0) is 47.7 Å². The van der Waals surface area contributed by atoms with Gasteiger partial charge in [0.05, 0.1) is 11.6 Å². The van der Waals surface area contributed by atoms with Gasteiger partial charge in [0.15, 0.2) is 18.1 Å². The van der Waals surface area contributed by atoms with Crippen molar-refractivity contribution in [1.82, 2.24) is 10.2 Å². The fraction of sp³-hybridized carbons (Fsp3) is 0.500. The van der Waals surface area contributed by atoms with Gasteiger partial charge in [-0.25, -0.2) is 0 Å². The molecule has 0 saturated carbocycles. The molecule has 1 aromatic carbocycles. The van der Waals surface area contributed by atoms with E-state index in [9.17, 15) is 0 Å². The summed E-state index contributed by atoms with van der Waals surface area (Å²) in [5.41, 5.74) is 1.09. The zero-order valence-corrected chi connectivity index (χ0v) is 13.7. The van der Waals surface area contributed by atoms with E-state index >= 15 is 0 Å². The lowest BCUT2D eigenvalue weighted by Gasteiger charge is -2.14. The Morgan fingerprint density at radius 1 is 1.40 bits per heavy atom. The third-order valence-corrected chi connectivity index (χ3v) is 3.22. The van der Waals surface area contributed by atoms with Crippen molar-refractivity contribution in [2.75, 3.05) is 40.9 Å². The number of methoxy groups -OCH3 is 1. The van der Waals surface area contributed by atoms with Crippen LogP contribution in [0.5, 0.6) is 11.5 Å². The monoisotopic (exact) mass is 341 g/mol. The highest BCUT2D eigenvalue weighted by Crippen LogP contribution is 2.36. The maximum absolute atomic E-state index is 8.58. The van der Waals surface area contributed by atoms with E-state index in [2.05, 4.69) is 26.1 Å². The van der Waals surface area contributed by atoms with Crippen LogP contribution in [-0.4, -0.2) is 45.8 Å². The van der Waals surface area contributed by atoms with Crippen molar-refractivity contribution < 1.29 is 9.47 Å². The second kappa shape index (κ2) is 8.80. The molecular weight excluding hydrogens is 322 g/mol. The molecule has 0 aliphatic rings. The zero-order chi connectivity index (χ0) is 15.0. The minimum atomic E-state index is -0.00457. The van der Waals surface area contributed by atoms with Crippen LogP contribution in [0.3, 0.4) is 0 Å². The summed E-state index contributed by atoms with van der Waals surface area (Å²) in [5.74, 6) is 1.19. The van der Waals surface area contributed by atoms with Gasteiger partial charge < -0.3 is 19.7 Å². The number of nitrogens with zero attached hydrogens (tertiary/aromatic N) is 2. The highest BCUT2D eigenvalue weighted by Gasteiger charge is 2.11. The van der Waals surface area contributed by atoms with Crippen molar-refractivity contribution in [1.29, 1.82) is 5.26 Å². The predicted octanol–water partition coefficient (Wildman–Crippen LogP) is 2.01. The Bertz CT molecular complexity index is 472. The van der Waals surface area contributed by atoms with Crippen LogP contribution in [0.1, 0.15) is 5.56 Å². The fourth-order valence-corrected chi connectivity index (χ4v) is 2.26. The van der Waals surface area contributed by atoms with Gasteiger partial charge in [0.2, 0.25) is 0 Å². The van der Waals surface area contributed by atoms with E-state index in [0.29, 0.717) is 11.5 Å². The van der Waals surface area contributed by atoms with Gasteiger partial charge in [0.1, 0.15) is 6.07 Å². The van der Waals surface area contributed by atoms with Crippen molar-refractivity contribution in [2.24, 2.45) is 0 Å². The molecular formula is C14H20BrN3O2. The van der Waals surface area contributed by atoms with E-state index < -0.39 is 0 Å². The Balaban J connectivity index is 2.70. The minimum Gasteiger partial charge on any atom is -0.493 e. The highest BCUT2D eigenvalue weighted by molar-refractivity contribution is 9.10. The average molecular weight is 342 g/mol. The van der Waals surface area contributed by atoms with Crippen molar-refractivity contribution in [2.45, 2.75) is 6.54 Å². The quantitative estimate of drug-likeness (QED) is 0.733. The zero-order valence-electron chi connectivity index (χ0n) is 12.1. The number of hydrogen-bond donors (Lipinski definition) is 1. The lowest BCUT2D eigenvalue weighted by Crippen LogP contribution is -2.26. The van der Waals surface area contributed by atoms with Crippen LogP contribution in [0.2, 0.25) is 0 Å². The molecule has 20 heavy (non-hydrogen) atoms. The predicted molar refractivity (Wildman–Crippen MR) is 82.1 cm³/mol. The van der Waals surface area contributed by atoms with E-state index in [1.807, 2.05) is 32.3 Å². The Morgan fingerprint density at radius 2 is 2.15 bits per heavy atom. The molecule has 6 heteroatoms. The molecule has 5 nitrogen and oxygen atoms in total. The molecule has 0 unspecified atom stereocenters. The largest absolute Gasteiger partial charge is 0.493 e. The van der Waals surface area contributed by atoms with E-state index in [0.717, 1.165) is 29.7 Å². The maximum Gasteiger partial charge on any atom is 0.176 e. The van der Waals surface area contributed by atoms with Crippen molar-refractivity contribution in [3.63, 3.8) is 0 Å². The summed E-state index contributed by atoms with van der Waals surface area (Å²) in [6.07, 6.45) is 0. The minimum absolute atomic E-state index is 0.00457. The first kappa shape index (κ1) is 16.8. The number of nitrogens with one attached hydrogen (secondary N) is 1. The Kier molecular flexibility index (Phi) is 7.37. The highest BCUT2D eigenvalue weighted by atomic mass is 79.9. The Labute approximate surface area is 128 Å². The van der Waals surface area contributed by atoms with Crippen LogP contribution in [0.4, 0.5) is 0 Å². The SMILES string of the molecule is COc1cc(CNCCN(C)C)cc(Br)c1OCC#N. The van der Waals surface area contributed by atoms with Crippen molar-refractivity contribution in [3.8, 4) is 17.6 Å². The molecule has 0 saturated heterocycles. The second-order valence-corrected chi connectivity index (χ2v) is 5.39. The van der Waals surface area contributed by atoms with Crippen LogP contribution in [0.25, 0.3) is 0 Å². The van der Waals surface area contributed by atoms with Crippen LogP contribution in [-0.2, 0) is 6.54 Å². The van der Waals surface area contributed by atoms with Crippen LogP contribution >= 0.6 is 15.9 Å². The normalized spacial score (nSPS) is 10.4. The molecule has 0 spiro atoms. The molecule has 110 valence electrons. The second-order valence-electron chi connectivity index (χ2n) is 4.54. The summed E-state index contributed by atoms with van der Waals surface area (Å²) in [6.45, 7) is 2.65. The lowest BCUT2D eigenvalue weighted by atomic mass is 10.2. The number of nitriles is 1. The molecule has 0 radical (unpaired) electrons. The summed E-state index contributed by atoms with van der Waals surface area (Å²) in [4.78, 5) is 2.13. The molecule has 0 aliphatic carbocycles. The molecule has 1 aromatic rings. The smallest absolute Gasteiger partial charge is 0.176 e. The van der Waals surface area contributed by atoms with Crippen LogP contribution in [0, 0.1) is 11.3 Å². The summed E-state index contributed by atoms with van der Waals surface area (Å²) in [7, 11) is 5.68. The molecule has 0 amide bonds. The molecule has 0 fully saturated rings. The Hall–Kier alpha value is -1.29. The van der Waals surface area contributed by atoms with E-state index in [1.54, 1.807) is 7.11 Å². The van der Waals surface area contributed by atoms with Gasteiger partial charge in [-0.3, -0.25) is 0 Å². The number of ether oxygens (including phenoxy) is 2. The molecule has 0 aliphatic heterocycles.